The molecule has 0 aromatic heterocycles. The molecule has 7 nitrogen and oxygen atoms in total. The van der Waals surface area contributed by atoms with Crippen LogP contribution in [0.5, 0.6) is 5.75 Å². The van der Waals surface area contributed by atoms with Crippen LogP contribution in [0.15, 0.2) is 29.3 Å². The Balaban J connectivity index is 0.00000392. The highest BCUT2D eigenvalue weighted by molar-refractivity contribution is 14.0. The van der Waals surface area contributed by atoms with Crippen molar-refractivity contribution in [2.24, 2.45) is 10.9 Å². The third-order valence-electron chi connectivity index (χ3n) is 4.85. The number of hydrogen-bond acceptors (Lipinski definition) is 4. The van der Waals surface area contributed by atoms with Crippen molar-refractivity contribution in [1.29, 1.82) is 0 Å². The van der Waals surface area contributed by atoms with Crippen LogP contribution in [0.1, 0.15) is 38.1 Å². The lowest BCUT2D eigenvalue weighted by Crippen LogP contribution is -2.47. The molecule has 0 saturated carbocycles. The monoisotopic (exact) mass is 503 g/mol. The number of para-hydroxylation sites is 1. The standard InChI is InChI=1S/C20H33N5O2.HI/c1-5-21-20(24-17-13-25(14(2)3)12-15(17)4)23-11-10-22-19(27)16-8-6-7-9-18(16)26;/h6-9,14-15,17,26H,5,10-13H2,1-4H3,(H,22,27)(H2,21,23,24);1H. The molecule has 1 aromatic rings. The third-order valence-corrected chi connectivity index (χ3v) is 4.85. The van der Waals surface area contributed by atoms with E-state index in [9.17, 15) is 9.90 Å². The van der Waals surface area contributed by atoms with Crippen LogP contribution in [-0.2, 0) is 0 Å². The molecule has 0 radical (unpaired) electrons. The fourth-order valence-electron chi connectivity index (χ4n) is 3.21. The molecule has 0 aliphatic carbocycles. The van der Waals surface area contributed by atoms with E-state index >= 15 is 0 Å². The number of hydrogen-bond donors (Lipinski definition) is 4. The molecule has 1 saturated heterocycles. The molecular formula is C20H34IN5O2. The van der Waals surface area contributed by atoms with E-state index in [0.717, 1.165) is 25.6 Å². The molecule has 1 aliphatic heterocycles. The van der Waals surface area contributed by atoms with E-state index in [4.69, 9.17) is 0 Å². The number of carbonyl (C=O) groups is 1. The lowest BCUT2D eigenvalue weighted by Gasteiger charge is -2.22. The van der Waals surface area contributed by atoms with Crippen molar-refractivity contribution < 1.29 is 9.90 Å². The first-order valence-corrected chi connectivity index (χ1v) is 9.77. The summed E-state index contributed by atoms with van der Waals surface area (Å²) in [4.78, 5) is 19.1. The van der Waals surface area contributed by atoms with Crippen molar-refractivity contribution in [3.8, 4) is 5.75 Å². The van der Waals surface area contributed by atoms with Gasteiger partial charge in [0.2, 0.25) is 0 Å². The van der Waals surface area contributed by atoms with Crippen LogP contribution in [0.3, 0.4) is 0 Å². The molecule has 1 aromatic carbocycles. The number of aromatic hydroxyl groups is 1. The van der Waals surface area contributed by atoms with E-state index in [1.807, 2.05) is 6.92 Å². The second-order valence-electron chi connectivity index (χ2n) is 7.31. The third kappa shape index (κ3) is 7.12. The van der Waals surface area contributed by atoms with E-state index in [-0.39, 0.29) is 41.2 Å². The summed E-state index contributed by atoms with van der Waals surface area (Å²) in [6, 6.07) is 7.42. The van der Waals surface area contributed by atoms with E-state index in [1.165, 1.54) is 6.07 Å². The summed E-state index contributed by atoms with van der Waals surface area (Å²) in [6.45, 7) is 12.5. The number of nitrogens with zero attached hydrogens (tertiary/aromatic N) is 2. The topological polar surface area (TPSA) is 89.0 Å². The first kappa shape index (κ1) is 24.5. The van der Waals surface area contributed by atoms with Gasteiger partial charge in [0.05, 0.1) is 12.1 Å². The number of carbonyl (C=O) groups excluding carboxylic acids is 1. The van der Waals surface area contributed by atoms with Gasteiger partial charge in [-0.2, -0.15) is 0 Å². The van der Waals surface area contributed by atoms with E-state index in [0.29, 0.717) is 31.1 Å². The molecule has 158 valence electrons. The lowest BCUT2D eigenvalue weighted by molar-refractivity contribution is 0.0952. The molecule has 8 heteroatoms. The van der Waals surface area contributed by atoms with Crippen molar-refractivity contribution >= 4 is 35.8 Å². The first-order chi connectivity index (χ1) is 12.9. The van der Waals surface area contributed by atoms with Gasteiger partial charge in [0.25, 0.3) is 5.91 Å². The number of benzene rings is 1. The number of likely N-dealkylation sites (tertiary alicyclic amines) is 1. The second-order valence-corrected chi connectivity index (χ2v) is 7.31. The summed E-state index contributed by atoms with van der Waals surface area (Å²) in [5.74, 6) is 1.02. The maximum Gasteiger partial charge on any atom is 0.255 e. The minimum atomic E-state index is -0.293. The van der Waals surface area contributed by atoms with Crippen LogP contribution in [-0.4, -0.2) is 66.7 Å². The number of guanidine groups is 1. The summed E-state index contributed by atoms with van der Waals surface area (Å²) in [7, 11) is 0. The molecule has 1 heterocycles. The molecule has 2 rings (SSSR count). The van der Waals surface area contributed by atoms with Gasteiger partial charge in [0.1, 0.15) is 5.75 Å². The molecular weight excluding hydrogens is 469 g/mol. The van der Waals surface area contributed by atoms with Gasteiger partial charge in [0.15, 0.2) is 5.96 Å². The highest BCUT2D eigenvalue weighted by Gasteiger charge is 2.31. The predicted octanol–water partition coefficient (Wildman–Crippen LogP) is 2.02. The predicted molar refractivity (Wildman–Crippen MR) is 125 cm³/mol. The van der Waals surface area contributed by atoms with Gasteiger partial charge >= 0.3 is 0 Å². The Labute approximate surface area is 185 Å². The van der Waals surface area contributed by atoms with Crippen molar-refractivity contribution in [3.63, 3.8) is 0 Å². The van der Waals surface area contributed by atoms with E-state index in [1.54, 1.807) is 18.2 Å². The highest BCUT2D eigenvalue weighted by atomic mass is 127. The minimum Gasteiger partial charge on any atom is -0.507 e. The van der Waals surface area contributed by atoms with Gasteiger partial charge in [-0.05, 0) is 38.8 Å². The zero-order chi connectivity index (χ0) is 19.8. The molecule has 0 bridgehead atoms. The zero-order valence-corrected chi connectivity index (χ0v) is 19.6. The van der Waals surface area contributed by atoms with Crippen LogP contribution in [0, 0.1) is 5.92 Å². The average Bonchev–Trinajstić information content (AvgIpc) is 3.00. The Kier molecular flexibility index (Phi) is 10.6. The average molecular weight is 503 g/mol. The quantitative estimate of drug-likeness (QED) is 0.198. The molecule has 1 fully saturated rings. The van der Waals surface area contributed by atoms with Crippen molar-refractivity contribution in [2.75, 3.05) is 32.7 Å². The zero-order valence-electron chi connectivity index (χ0n) is 17.2. The smallest absolute Gasteiger partial charge is 0.255 e. The summed E-state index contributed by atoms with van der Waals surface area (Å²) in [5.41, 5.74) is 0.278. The van der Waals surface area contributed by atoms with Crippen LogP contribution in [0.4, 0.5) is 0 Å². The number of halogens is 1. The van der Waals surface area contributed by atoms with Crippen molar-refractivity contribution in [3.05, 3.63) is 29.8 Å². The number of nitrogens with one attached hydrogen (secondary N) is 3. The maximum atomic E-state index is 12.1. The lowest BCUT2D eigenvalue weighted by atomic mass is 10.1. The second kappa shape index (κ2) is 12.1. The first-order valence-electron chi connectivity index (χ1n) is 9.77. The largest absolute Gasteiger partial charge is 0.507 e. The van der Waals surface area contributed by atoms with Gasteiger partial charge in [0, 0.05) is 38.3 Å². The Bertz CT molecular complexity index is 653. The highest BCUT2D eigenvalue weighted by Crippen LogP contribution is 2.18. The van der Waals surface area contributed by atoms with Crippen LogP contribution in [0.2, 0.25) is 0 Å². The van der Waals surface area contributed by atoms with Gasteiger partial charge < -0.3 is 21.1 Å². The van der Waals surface area contributed by atoms with E-state index in [2.05, 4.69) is 46.6 Å². The summed E-state index contributed by atoms with van der Waals surface area (Å²) in [5, 5.41) is 19.3. The number of phenols is 1. The molecule has 1 amide bonds. The summed E-state index contributed by atoms with van der Waals surface area (Å²) >= 11 is 0. The number of aliphatic imine (C=N–C) groups is 1. The van der Waals surface area contributed by atoms with E-state index < -0.39 is 0 Å². The molecule has 0 spiro atoms. The number of phenolic OH excluding ortho intramolecular Hbond substituents is 1. The van der Waals surface area contributed by atoms with Gasteiger partial charge in [-0.1, -0.05) is 19.1 Å². The molecule has 1 aliphatic rings. The molecule has 2 unspecified atom stereocenters. The number of rotatable bonds is 7. The molecule has 28 heavy (non-hydrogen) atoms. The fourth-order valence-corrected chi connectivity index (χ4v) is 3.21. The van der Waals surface area contributed by atoms with Crippen LogP contribution in [0.25, 0.3) is 0 Å². The summed E-state index contributed by atoms with van der Waals surface area (Å²) < 4.78 is 0. The van der Waals surface area contributed by atoms with Crippen molar-refractivity contribution in [2.45, 2.75) is 39.8 Å². The minimum absolute atomic E-state index is 0. The van der Waals surface area contributed by atoms with Crippen LogP contribution >= 0.6 is 24.0 Å². The Morgan fingerprint density at radius 2 is 2.00 bits per heavy atom. The fraction of sp³-hybridized carbons (Fsp3) is 0.600. The number of amides is 1. The summed E-state index contributed by atoms with van der Waals surface area (Å²) in [6.07, 6.45) is 0. The van der Waals surface area contributed by atoms with Gasteiger partial charge in [-0.15, -0.1) is 24.0 Å². The SMILES string of the molecule is CCNC(=NCCNC(=O)c1ccccc1O)NC1CN(C(C)C)CC1C.I. The molecule has 2 atom stereocenters. The van der Waals surface area contributed by atoms with Crippen LogP contribution < -0.4 is 16.0 Å². The normalized spacial score (nSPS) is 20.0. The Hall–Kier alpha value is -1.55. The Morgan fingerprint density at radius 3 is 2.61 bits per heavy atom. The van der Waals surface area contributed by atoms with Crippen molar-refractivity contribution in [1.82, 2.24) is 20.9 Å². The van der Waals surface area contributed by atoms with Gasteiger partial charge in [-0.25, -0.2) is 0 Å². The maximum absolute atomic E-state index is 12.1. The van der Waals surface area contributed by atoms with Gasteiger partial charge in [-0.3, -0.25) is 14.7 Å². The molecule has 4 N–H and O–H groups in total. The Morgan fingerprint density at radius 1 is 1.29 bits per heavy atom.